The minimum absolute atomic E-state index is 0.339. The number of hydrogen-bond donors (Lipinski definition) is 0. The van der Waals surface area contributed by atoms with E-state index in [2.05, 4.69) is 81.9 Å². The van der Waals surface area contributed by atoms with Gasteiger partial charge in [-0.2, -0.15) is 0 Å². The third-order valence-corrected chi connectivity index (χ3v) is 5.22. The molecule has 2 heterocycles. The van der Waals surface area contributed by atoms with Crippen molar-refractivity contribution in [1.29, 1.82) is 0 Å². The smallest absolute Gasteiger partial charge is 0.399 e. The minimum atomic E-state index is -0.371. The Morgan fingerprint density at radius 2 is 1.64 bits per heavy atom. The second-order valence-electron chi connectivity index (χ2n) is 7.84. The summed E-state index contributed by atoms with van der Waals surface area (Å²) >= 11 is 0. The van der Waals surface area contributed by atoms with Gasteiger partial charge in [0.15, 0.2) is 0 Å². The van der Waals surface area contributed by atoms with E-state index in [9.17, 15) is 0 Å². The first kappa shape index (κ1) is 18.0. The van der Waals surface area contributed by atoms with Gasteiger partial charge in [0.25, 0.3) is 0 Å². The van der Waals surface area contributed by atoms with Crippen LogP contribution in [0.25, 0.3) is 0 Å². The molecule has 0 N–H and O–H groups in total. The fraction of sp³-hybridized carbons (Fsp3) is 0.450. The SMILES string of the molecule is Cc1cc(B2OC(C)(C)C(C)(C)O2)cnc1N(C)Cc1ccccc1. The molecular formula is C20H27BN2O2. The standard InChI is InChI=1S/C20H27BN2O2/c1-15-12-17(21-24-19(2,3)20(4,5)25-21)13-22-18(15)23(6)14-16-10-8-7-9-11-16/h7-13H,14H2,1-6H3. The number of pyridine rings is 1. The quantitative estimate of drug-likeness (QED) is 0.801. The Labute approximate surface area is 151 Å². The van der Waals surface area contributed by atoms with Crippen LogP contribution >= 0.6 is 0 Å². The van der Waals surface area contributed by atoms with Gasteiger partial charge in [-0.05, 0) is 45.7 Å². The number of aryl methyl sites for hydroxylation is 1. The van der Waals surface area contributed by atoms with Crippen LogP contribution in [0.3, 0.4) is 0 Å². The highest BCUT2D eigenvalue weighted by atomic mass is 16.7. The van der Waals surface area contributed by atoms with Crippen molar-refractivity contribution in [2.75, 3.05) is 11.9 Å². The fourth-order valence-electron chi connectivity index (χ4n) is 3.03. The summed E-state index contributed by atoms with van der Waals surface area (Å²) in [5.41, 5.74) is 2.67. The first-order chi connectivity index (χ1) is 11.7. The first-order valence-corrected chi connectivity index (χ1v) is 8.77. The lowest BCUT2D eigenvalue weighted by molar-refractivity contribution is 0.00578. The molecule has 5 heteroatoms. The zero-order valence-electron chi connectivity index (χ0n) is 16.0. The molecule has 0 amide bonds. The maximum absolute atomic E-state index is 6.13. The summed E-state index contributed by atoms with van der Waals surface area (Å²) in [6.07, 6.45) is 1.87. The molecule has 0 saturated carbocycles. The molecule has 0 bridgehead atoms. The van der Waals surface area contributed by atoms with E-state index < -0.39 is 0 Å². The lowest BCUT2D eigenvalue weighted by Gasteiger charge is -2.32. The van der Waals surface area contributed by atoms with Gasteiger partial charge >= 0.3 is 7.12 Å². The first-order valence-electron chi connectivity index (χ1n) is 8.77. The number of rotatable bonds is 4. The molecule has 4 nitrogen and oxygen atoms in total. The number of nitrogens with zero attached hydrogens (tertiary/aromatic N) is 2. The Kier molecular flexibility index (Phi) is 4.65. The number of aromatic nitrogens is 1. The number of benzene rings is 1. The highest BCUT2D eigenvalue weighted by Crippen LogP contribution is 2.36. The van der Waals surface area contributed by atoms with Crippen molar-refractivity contribution in [3.8, 4) is 0 Å². The predicted octanol–water partition coefficient (Wildman–Crippen LogP) is 3.33. The highest BCUT2D eigenvalue weighted by molar-refractivity contribution is 6.62. The minimum Gasteiger partial charge on any atom is -0.399 e. The maximum Gasteiger partial charge on any atom is 0.496 e. The number of anilines is 1. The van der Waals surface area contributed by atoms with Crippen molar-refractivity contribution in [3.05, 3.63) is 53.7 Å². The summed E-state index contributed by atoms with van der Waals surface area (Å²) in [7, 11) is 1.70. The van der Waals surface area contributed by atoms with Crippen LogP contribution in [-0.4, -0.2) is 30.4 Å². The largest absolute Gasteiger partial charge is 0.496 e. The molecule has 132 valence electrons. The Morgan fingerprint density at radius 3 is 2.20 bits per heavy atom. The Morgan fingerprint density at radius 1 is 1.04 bits per heavy atom. The Bertz CT molecular complexity index is 731. The summed E-state index contributed by atoms with van der Waals surface area (Å²) in [4.78, 5) is 6.85. The summed E-state index contributed by atoms with van der Waals surface area (Å²) in [5, 5.41) is 0. The zero-order chi connectivity index (χ0) is 18.2. The molecule has 0 radical (unpaired) electrons. The fourth-order valence-corrected chi connectivity index (χ4v) is 3.03. The number of hydrogen-bond acceptors (Lipinski definition) is 4. The molecule has 1 aromatic heterocycles. The van der Waals surface area contributed by atoms with Crippen LogP contribution in [0.5, 0.6) is 0 Å². The molecule has 1 aliphatic rings. The van der Waals surface area contributed by atoms with Gasteiger partial charge in [-0.25, -0.2) is 4.98 Å². The van der Waals surface area contributed by atoms with Gasteiger partial charge in [-0.1, -0.05) is 36.4 Å². The maximum atomic E-state index is 6.13. The van der Waals surface area contributed by atoms with Crippen molar-refractivity contribution >= 4 is 18.4 Å². The predicted molar refractivity (Wildman–Crippen MR) is 103 cm³/mol. The molecule has 1 aliphatic heterocycles. The Hall–Kier alpha value is -1.85. The summed E-state index contributed by atoms with van der Waals surface area (Å²) < 4.78 is 12.3. The lowest BCUT2D eigenvalue weighted by Crippen LogP contribution is -2.41. The van der Waals surface area contributed by atoms with Gasteiger partial charge in [0.05, 0.1) is 11.2 Å². The second kappa shape index (κ2) is 6.47. The van der Waals surface area contributed by atoms with Crippen molar-refractivity contribution in [3.63, 3.8) is 0 Å². The molecular weight excluding hydrogens is 311 g/mol. The van der Waals surface area contributed by atoms with E-state index >= 15 is 0 Å². The lowest BCUT2D eigenvalue weighted by atomic mass is 9.79. The summed E-state index contributed by atoms with van der Waals surface area (Å²) in [6, 6.07) is 12.5. The molecule has 0 unspecified atom stereocenters. The molecule has 1 aromatic carbocycles. The normalized spacial score (nSPS) is 18.4. The Balaban J connectivity index is 1.78. The van der Waals surface area contributed by atoms with E-state index in [0.717, 1.165) is 23.4 Å². The van der Waals surface area contributed by atoms with Crippen LogP contribution < -0.4 is 10.4 Å². The molecule has 1 saturated heterocycles. The molecule has 0 aliphatic carbocycles. The second-order valence-corrected chi connectivity index (χ2v) is 7.84. The van der Waals surface area contributed by atoms with E-state index in [1.807, 2.05) is 12.3 Å². The van der Waals surface area contributed by atoms with Crippen LogP contribution in [0.1, 0.15) is 38.8 Å². The average molecular weight is 338 g/mol. The molecule has 2 aromatic rings. The molecule has 1 fully saturated rings. The zero-order valence-corrected chi connectivity index (χ0v) is 16.0. The van der Waals surface area contributed by atoms with Crippen molar-refractivity contribution in [2.45, 2.75) is 52.4 Å². The van der Waals surface area contributed by atoms with Gasteiger partial charge < -0.3 is 14.2 Å². The highest BCUT2D eigenvalue weighted by Gasteiger charge is 2.51. The average Bonchev–Trinajstić information content (AvgIpc) is 2.76. The van der Waals surface area contributed by atoms with Gasteiger partial charge in [0.2, 0.25) is 0 Å². The van der Waals surface area contributed by atoms with E-state index in [4.69, 9.17) is 9.31 Å². The van der Waals surface area contributed by atoms with Crippen LogP contribution in [0.2, 0.25) is 0 Å². The van der Waals surface area contributed by atoms with Gasteiger partial charge in [-0.3, -0.25) is 0 Å². The van der Waals surface area contributed by atoms with E-state index in [-0.39, 0.29) is 18.3 Å². The van der Waals surface area contributed by atoms with Crippen LogP contribution in [0.15, 0.2) is 42.6 Å². The summed E-state index contributed by atoms with van der Waals surface area (Å²) in [5.74, 6) is 0.976. The van der Waals surface area contributed by atoms with Crippen LogP contribution in [0, 0.1) is 6.92 Å². The van der Waals surface area contributed by atoms with Crippen LogP contribution in [-0.2, 0) is 15.9 Å². The monoisotopic (exact) mass is 338 g/mol. The molecule has 0 atom stereocenters. The third kappa shape index (κ3) is 3.58. The molecule has 0 spiro atoms. The molecule has 25 heavy (non-hydrogen) atoms. The van der Waals surface area contributed by atoms with Gasteiger partial charge in [0, 0.05) is 25.3 Å². The topological polar surface area (TPSA) is 34.6 Å². The third-order valence-electron chi connectivity index (χ3n) is 5.22. The van der Waals surface area contributed by atoms with E-state index in [1.165, 1.54) is 5.56 Å². The van der Waals surface area contributed by atoms with Gasteiger partial charge in [0.1, 0.15) is 5.82 Å². The van der Waals surface area contributed by atoms with Crippen LogP contribution in [0.4, 0.5) is 5.82 Å². The van der Waals surface area contributed by atoms with Gasteiger partial charge in [-0.15, -0.1) is 0 Å². The van der Waals surface area contributed by atoms with Crippen molar-refractivity contribution in [1.82, 2.24) is 4.98 Å². The van der Waals surface area contributed by atoms with Crippen molar-refractivity contribution in [2.24, 2.45) is 0 Å². The van der Waals surface area contributed by atoms with E-state index in [0.29, 0.717) is 0 Å². The van der Waals surface area contributed by atoms with E-state index in [1.54, 1.807) is 0 Å². The summed E-state index contributed by atoms with van der Waals surface area (Å²) in [6.45, 7) is 11.2. The van der Waals surface area contributed by atoms with Crippen molar-refractivity contribution < 1.29 is 9.31 Å². The molecule has 3 rings (SSSR count).